The van der Waals surface area contributed by atoms with Gasteiger partial charge in [0, 0.05) is 22.4 Å². The summed E-state index contributed by atoms with van der Waals surface area (Å²) in [6, 6.07) is 16.1. The van der Waals surface area contributed by atoms with Crippen molar-refractivity contribution in [2.24, 2.45) is 0 Å². The number of methoxy groups -OCH3 is 1. The van der Waals surface area contributed by atoms with E-state index in [0.29, 0.717) is 0 Å². The number of aromatic nitrogens is 3. The van der Waals surface area contributed by atoms with Crippen LogP contribution in [-0.4, -0.2) is 21.9 Å². The Morgan fingerprint density at radius 2 is 1.73 bits per heavy atom. The minimum absolute atomic E-state index is 0.816. The lowest BCUT2D eigenvalue weighted by atomic mass is 10.1. The fraction of sp³-hybridized carbons (Fsp3) is 0.111. The summed E-state index contributed by atoms with van der Waals surface area (Å²) in [7, 11) is 1.70. The molecule has 2 aromatic carbocycles. The summed E-state index contributed by atoms with van der Waals surface area (Å²) < 4.78 is 7.46. The predicted octanol–water partition coefficient (Wildman–Crippen LogP) is 3.89. The number of pyridine rings is 1. The van der Waals surface area contributed by atoms with Crippen LogP contribution < -0.4 is 4.74 Å². The molecular weight excluding hydrogens is 274 g/mol. The smallest absolute Gasteiger partial charge is 0.154 e. The second-order valence-electron chi connectivity index (χ2n) is 5.21. The lowest BCUT2D eigenvalue weighted by Gasteiger charge is -2.09. The molecular formula is C18H15N3O. The van der Waals surface area contributed by atoms with Crippen molar-refractivity contribution in [3.63, 3.8) is 0 Å². The number of nitrogens with zero attached hydrogens (tertiary/aromatic N) is 3. The summed E-state index contributed by atoms with van der Waals surface area (Å²) in [6.07, 6.45) is 1.78. The molecule has 0 aliphatic rings. The van der Waals surface area contributed by atoms with Crippen LogP contribution in [0.3, 0.4) is 0 Å². The van der Waals surface area contributed by atoms with E-state index in [1.807, 2.05) is 41.9 Å². The van der Waals surface area contributed by atoms with Crippen LogP contribution in [0.5, 0.6) is 5.75 Å². The average Bonchev–Trinajstić information content (AvgIpc) is 2.92. The number of ether oxygens (including phenoxy) is 1. The Kier molecular flexibility index (Phi) is 2.82. The predicted molar refractivity (Wildman–Crippen MR) is 87.7 cm³/mol. The molecule has 0 bridgehead atoms. The average molecular weight is 289 g/mol. The van der Waals surface area contributed by atoms with Crippen LogP contribution in [-0.2, 0) is 0 Å². The second-order valence-corrected chi connectivity index (χ2v) is 5.21. The van der Waals surface area contributed by atoms with Crippen molar-refractivity contribution >= 4 is 21.7 Å². The molecule has 0 spiro atoms. The monoisotopic (exact) mass is 289 g/mol. The molecule has 0 radical (unpaired) electrons. The van der Waals surface area contributed by atoms with E-state index in [1.165, 1.54) is 0 Å². The summed E-state index contributed by atoms with van der Waals surface area (Å²) in [5.41, 5.74) is 2.03. The number of hydrogen-bond acceptors (Lipinski definition) is 3. The molecule has 0 atom stereocenters. The van der Waals surface area contributed by atoms with Crippen LogP contribution in [0, 0.1) is 6.92 Å². The van der Waals surface area contributed by atoms with Gasteiger partial charge in [0.15, 0.2) is 5.82 Å². The first-order chi connectivity index (χ1) is 10.8. The molecule has 4 nitrogen and oxygen atoms in total. The van der Waals surface area contributed by atoms with Crippen LogP contribution in [0.2, 0.25) is 0 Å². The molecule has 0 amide bonds. The fourth-order valence-electron chi connectivity index (χ4n) is 2.90. The lowest BCUT2D eigenvalue weighted by molar-refractivity contribution is 0.420. The zero-order valence-electron chi connectivity index (χ0n) is 12.4. The molecule has 22 heavy (non-hydrogen) atoms. The van der Waals surface area contributed by atoms with E-state index in [1.54, 1.807) is 13.3 Å². The minimum Gasteiger partial charge on any atom is -0.496 e. The number of hydrogen-bond donors (Lipinski definition) is 0. The van der Waals surface area contributed by atoms with E-state index in [0.717, 1.165) is 38.9 Å². The number of rotatable bonds is 2. The highest BCUT2D eigenvalue weighted by atomic mass is 16.5. The van der Waals surface area contributed by atoms with E-state index in [4.69, 9.17) is 4.74 Å². The largest absolute Gasteiger partial charge is 0.496 e. The third-order valence-corrected chi connectivity index (χ3v) is 3.92. The molecule has 4 rings (SSSR count). The van der Waals surface area contributed by atoms with Gasteiger partial charge in [-0.25, -0.2) is 9.67 Å². The van der Waals surface area contributed by atoms with E-state index >= 15 is 0 Å². The molecule has 4 heteroatoms. The van der Waals surface area contributed by atoms with Crippen molar-refractivity contribution in [2.75, 3.05) is 7.11 Å². The maximum Gasteiger partial charge on any atom is 0.154 e. The Hall–Kier alpha value is -2.88. The van der Waals surface area contributed by atoms with Crippen LogP contribution >= 0.6 is 0 Å². The first kappa shape index (κ1) is 12.8. The van der Waals surface area contributed by atoms with Crippen LogP contribution in [0.25, 0.3) is 27.5 Å². The highest BCUT2D eigenvalue weighted by molar-refractivity contribution is 6.09. The van der Waals surface area contributed by atoms with Gasteiger partial charge in [-0.05, 0) is 25.1 Å². The van der Waals surface area contributed by atoms with Crippen LogP contribution in [0.1, 0.15) is 5.69 Å². The van der Waals surface area contributed by atoms with Gasteiger partial charge in [-0.15, -0.1) is 0 Å². The second kappa shape index (κ2) is 4.84. The SMILES string of the molecule is COc1cc2c(C)nn(-c3ccccn3)c2c2ccccc12. The molecule has 0 saturated heterocycles. The molecule has 108 valence electrons. The van der Waals surface area contributed by atoms with Gasteiger partial charge in [-0.2, -0.15) is 5.10 Å². The zero-order chi connectivity index (χ0) is 15.1. The minimum atomic E-state index is 0.816. The molecule has 0 saturated carbocycles. The molecule has 0 aliphatic carbocycles. The quantitative estimate of drug-likeness (QED) is 0.562. The van der Waals surface area contributed by atoms with E-state index in [2.05, 4.69) is 28.3 Å². The van der Waals surface area contributed by atoms with Crippen molar-refractivity contribution in [1.29, 1.82) is 0 Å². The van der Waals surface area contributed by atoms with Crippen LogP contribution in [0.4, 0.5) is 0 Å². The number of aryl methyl sites for hydroxylation is 1. The summed E-state index contributed by atoms with van der Waals surface area (Å²) in [5, 5.41) is 7.96. The topological polar surface area (TPSA) is 39.9 Å². The Morgan fingerprint density at radius 3 is 2.45 bits per heavy atom. The van der Waals surface area contributed by atoms with Crippen LogP contribution in [0.15, 0.2) is 54.7 Å². The third-order valence-electron chi connectivity index (χ3n) is 3.92. The number of fused-ring (bicyclic) bond motifs is 3. The molecule has 2 heterocycles. The van der Waals surface area contributed by atoms with Gasteiger partial charge in [0.05, 0.1) is 18.3 Å². The lowest BCUT2D eigenvalue weighted by Crippen LogP contribution is -1.99. The molecule has 4 aromatic rings. The standard InChI is InChI=1S/C18H15N3O/c1-12-15-11-16(22-2)13-7-3-4-8-14(13)18(15)21(20-12)17-9-5-6-10-19-17/h3-11H,1-2H3. The van der Waals surface area contributed by atoms with Gasteiger partial charge in [0.25, 0.3) is 0 Å². The summed E-state index contributed by atoms with van der Waals surface area (Å²) >= 11 is 0. The van der Waals surface area contributed by atoms with Gasteiger partial charge in [-0.1, -0.05) is 30.3 Å². The maximum atomic E-state index is 5.55. The maximum absolute atomic E-state index is 5.55. The third kappa shape index (κ3) is 1.77. The van der Waals surface area contributed by atoms with E-state index in [-0.39, 0.29) is 0 Å². The van der Waals surface area contributed by atoms with Gasteiger partial charge >= 0.3 is 0 Å². The summed E-state index contributed by atoms with van der Waals surface area (Å²) in [5.74, 6) is 1.68. The fourth-order valence-corrected chi connectivity index (χ4v) is 2.90. The van der Waals surface area contributed by atoms with Gasteiger partial charge in [-0.3, -0.25) is 0 Å². The molecule has 2 aromatic heterocycles. The van der Waals surface area contributed by atoms with Crippen molar-refractivity contribution in [1.82, 2.24) is 14.8 Å². The Morgan fingerprint density at radius 1 is 0.955 bits per heavy atom. The van der Waals surface area contributed by atoms with Crippen molar-refractivity contribution in [3.8, 4) is 11.6 Å². The first-order valence-electron chi connectivity index (χ1n) is 7.16. The van der Waals surface area contributed by atoms with Gasteiger partial charge in [0.1, 0.15) is 5.75 Å². The Labute approximate surface area is 128 Å². The molecule has 0 fully saturated rings. The highest BCUT2D eigenvalue weighted by Crippen LogP contribution is 2.35. The Bertz CT molecular complexity index is 974. The van der Waals surface area contributed by atoms with E-state index < -0.39 is 0 Å². The van der Waals surface area contributed by atoms with Crippen molar-refractivity contribution < 1.29 is 4.74 Å². The highest BCUT2D eigenvalue weighted by Gasteiger charge is 2.15. The zero-order valence-corrected chi connectivity index (χ0v) is 12.4. The summed E-state index contributed by atoms with van der Waals surface area (Å²) in [4.78, 5) is 4.43. The Balaban J connectivity index is 2.19. The molecule has 0 N–H and O–H groups in total. The molecule has 0 unspecified atom stereocenters. The van der Waals surface area contributed by atoms with E-state index in [9.17, 15) is 0 Å². The molecule has 0 aliphatic heterocycles. The summed E-state index contributed by atoms with van der Waals surface area (Å²) in [6.45, 7) is 2.01. The van der Waals surface area contributed by atoms with Crippen molar-refractivity contribution in [3.05, 3.63) is 60.4 Å². The first-order valence-corrected chi connectivity index (χ1v) is 7.16. The normalized spacial score (nSPS) is 11.2. The van der Waals surface area contributed by atoms with Gasteiger partial charge < -0.3 is 4.74 Å². The van der Waals surface area contributed by atoms with Crippen molar-refractivity contribution in [2.45, 2.75) is 6.92 Å². The number of benzene rings is 2. The van der Waals surface area contributed by atoms with Gasteiger partial charge in [0.2, 0.25) is 0 Å².